The van der Waals surface area contributed by atoms with E-state index in [1.165, 1.54) is 0 Å². The average Bonchev–Trinajstić information content (AvgIpc) is 3.63. The number of nitrogens with one attached hydrogen (secondary N) is 1. The molecule has 2 aliphatic heterocycles. The highest BCUT2D eigenvalue weighted by molar-refractivity contribution is 5.84. The van der Waals surface area contributed by atoms with Crippen molar-refractivity contribution in [2.45, 2.75) is 31.7 Å². The number of nitrogens with zero attached hydrogens (tertiary/aromatic N) is 1. The molecule has 2 aromatic rings. The van der Waals surface area contributed by atoms with Crippen molar-refractivity contribution in [1.82, 2.24) is 10.2 Å². The Morgan fingerprint density at radius 1 is 0.971 bits per heavy atom. The van der Waals surface area contributed by atoms with Crippen LogP contribution in [-0.2, 0) is 16.1 Å². The highest BCUT2D eigenvalue weighted by atomic mass is 16.7. The maximum atomic E-state index is 13.2. The normalized spacial score (nSPS) is 21.2. The number of piperidine rings is 1. The molecule has 1 saturated heterocycles. The number of carbonyl (C=O) groups excluding carboxylic acids is 2. The Labute approximate surface area is 199 Å². The van der Waals surface area contributed by atoms with Crippen LogP contribution in [0.3, 0.4) is 0 Å². The van der Waals surface area contributed by atoms with E-state index < -0.39 is 0 Å². The summed E-state index contributed by atoms with van der Waals surface area (Å²) in [6, 6.07) is 11.5. The van der Waals surface area contributed by atoms with Crippen molar-refractivity contribution in [1.29, 1.82) is 0 Å². The minimum Gasteiger partial charge on any atom is -0.493 e. The number of methoxy groups -OCH3 is 2. The van der Waals surface area contributed by atoms with E-state index in [4.69, 9.17) is 18.9 Å². The topological polar surface area (TPSA) is 86.3 Å². The number of benzene rings is 2. The molecule has 1 aliphatic carbocycles. The molecule has 0 radical (unpaired) electrons. The maximum Gasteiger partial charge on any atom is 0.231 e. The molecule has 0 spiro atoms. The van der Waals surface area contributed by atoms with Gasteiger partial charge in [-0.15, -0.1) is 0 Å². The quantitative estimate of drug-likeness (QED) is 0.675. The number of amides is 2. The van der Waals surface area contributed by atoms with E-state index in [1.807, 2.05) is 41.3 Å². The van der Waals surface area contributed by atoms with Gasteiger partial charge in [-0.1, -0.05) is 12.1 Å². The predicted molar refractivity (Wildman–Crippen MR) is 124 cm³/mol. The van der Waals surface area contributed by atoms with Crippen molar-refractivity contribution in [3.8, 4) is 23.0 Å². The van der Waals surface area contributed by atoms with Crippen LogP contribution in [0.2, 0.25) is 0 Å². The van der Waals surface area contributed by atoms with Gasteiger partial charge in [0.2, 0.25) is 18.6 Å². The van der Waals surface area contributed by atoms with Gasteiger partial charge in [0.15, 0.2) is 23.0 Å². The first-order valence-corrected chi connectivity index (χ1v) is 11.7. The van der Waals surface area contributed by atoms with E-state index in [-0.39, 0.29) is 36.4 Å². The number of hydrogen-bond acceptors (Lipinski definition) is 6. The number of hydrogen-bond donors (Lipinski definition) is 1. The van der Waals surface area contributed by atoms with E-state index in [0.29, 0.717) is 49.1 Å². The van der Waals surface area contributed by atoms with E-state index in [0.717, 1.165) is 24.0 Å². The fourth-order valence-electron chi connectivity index (χ4n) is 4.79. The summed E-state index contributed by atoms with van der Waals surface area (Å²) in [5.41, 5.74) is 1.98. The van der Waals surface area contributed by atoms with Gasteiger partial charge in [0.25, 0.3) is 0 Å². The monoisotopic (exact) mass is 466 g/mol. The molecule has 3 aliphatic rings. The van der Waals surface area contributed by atoms with Crippen LogP contribution in [-0.4, -0.2) is 50.8 Å². The van der Waals surface area contributed by atoms with Crippen LogP contribution < -0.4 is 24.3 Å². The molecular formula is C26H30N2O6. The summed E-state index contributed by atoms with van der Waals surface area (Å²) < 4.78 is 21.6. The number of fused-ring (bicyclic) bond motifs is 1. The smallest absolute Gasteiger partial charge is 0.231 e. The summed E-state index contributed by atoms with van der Waals surface area (Å²) in [7, 11) is 3.21. The fraction of sp³-hybridized carbons (Fsp3) is 0.462. The Kier molecular flexibility index (Phi) is 6.22. The maximum absolute atomic E-state index is 13.2. The van der Waals surface area contributed by atoms with Crippen molar-refractivity contribution in [3.05, 3.63) is 47.5 Å². The van der Waals surface area contributed by atoms with Crippen LogP contribution in [0.1, 0.15) is 36.3 Å². The molecule has 0 bridgehead atoms. The second kappa shape index (κ2) is 9.44. The molecule has 8 heteroatoms. The average molecular weight is 467 g/mol. The molecular weight excluding hydrogens is 436 g/mol. The van der Waals surface area contributed by atoms with Crippen molar-refractivity contribution >= 4 is 11.8 Å². The van der Waals surface area contributed by atoms with E-state index in [2.05, 4.69) is 5.32 Å². The van der Waals surface area contributed by atoms with E-state index in [9.17, 15) is 9.59 Å². The van der Waals surface area contributed by atoms with Crippen molar-refractivity contribution in [2.24, 2.45) is 11.8 Å². The molecule has 2 fully saturated rings. The molecule has 8 nitrogen and oxygen atoms in total. The van der Waals surface area contributed by atoms with Gasteiger partial charge in [0.1, 0.15) is 0 Å². The zero-order valence-electron chi connectivity index (χ0n) is 19.5. The largest absolute Gasteiger partial charge is 0.493 e. The summed E-state index contributed by atoms with van der Waals surface area (Å²) in [5, 5.41) is 3.06. The summed E-state index contributed by atoms with van der Waals surface area (Å²) >= 11 is 0. The van der Waals surface area contributed by atoms with Gasteiger partial charge in [-0.3, -0.25) is 9.59 Å². The first-order chi connectivity index (χ1) is 16.6. The predicted octanol–water partition coefficient (Wildman–Crippen LogP) is 3.09. The van der Waals surface area contributed by atoms with Gasteiger partial charge in [0.05, 0.1) is 20.1 Å². The second-order valence-electron chi connectivity index (χ2n) is 9.17. The van der Waals surface area contributed by atoms with E-state index in [1.54, 1.807) is 14.2 Å². The molecule has 2 heterocycles. The van der Waals surface area contributed by atoms with Gasteiger partial charge >= 0.3 is 0 Å². The molecule has 34 heavy (non-hydrogen) atoms. The fourth-order valence-corrected chi connectivity index (χ4v) is 4.79. The number of likely N-dealkylation sites (tertiary alicyclic amines) is 1. The standard InChI is InChI=1S/C26H30N2O6/c1-31-21-8-6-18(11-23(21)32-2)19-10-20(14-28(13-19)26(30)17-4-5-17)25(29)27-12-16-3-7-22-24(9-16)34-15-33-22/h3,6-9,11,17,19-20H,4-5,10,12-15H2,1-2H3,(H,27,29). The van der Waals surface area contributed by atoms with E-state index >= 15 is 0 Å². The third-order valence-electron chi connectivity index (χ3n) is 6.84. The lowest BCUT2D eigenvalue weighted by atomic mass is 9.83. The van der Waals surface area contributed by atoms with Gasteiger partial charge in [-0.05, 0) is 54.7 Å². The Morgan fingerprint density at radius 3 is 2.53 bits per heavy atom. The first-order valence-electron chi connectivity index (χ1n) is 11.7. The lowest BCUT2D eigenvalue weighted by Crippen LogP contribution is -2.48. The Bertz CT molecular complexity index is 1080. The van der Waals surface area contributed by atoms with Crippen molar-refractivity contribution in [2.75, 3.05) is 34.1 Å². The molecule has 1 saturated carbocycles. The number of ether oxygens (including phenoxy) is 4. The van der Waals surface area contributed by atoms with Gasteiger partial charge in [-0.25, -0.2) is 0 Å². The van der Waals surface area contributed by atoms with Crippen LogP contribution in [0.25, 0.3) is 0 Å². The van der Waals surface area contributed by atoms with Gasteiger partial charge in [-0.2, -0.15) is 0 Å². The molecule has 0 aromatic heterocycles. The van der Waals surface area contributed by atoms with Crippen LogP contribution in [0.4, 0.5) is 0 Å². The van der Waals surface area contributed by atoms with Crippen LogP contribution >= 0.6 is 0 Å². The molecule has 180 valence electrons. The molecule has 1 N–H and O–H groups in total. The van der Waals surface area contributed by atoms with Crippen molar-refractivity contribution in [3.63, 3.8) is 0 Å². The lowest BCUT2D eigenvalue weighted by Gasteiger charge is -2.37. The number of rotatable bonds is 7. The van der Waals surface area contributed by atoms with Crippen LogP contribution in [0.5, 0.6) is 23.0 Å². The SMILES string of the molecule is COc1ccc(C2CC(C(=O)NCc3ccc4c(c3)OCO4)CN(C(=O)C3CC3)C2)cc1OC. The third kappa shape index (κ3) is 4.62. The highest BCUT2D eigenvalue weighted by Crippen LogP contribution is 2.38. The van der Waals surface area contributed by atoms with Crippen molar-refractivity contribution < 1.29 is 28.5 Å². The third-order valence-corrected chi connectivity index (χ3v) is 6.84. The van der Waals surface area contributed by atoms with Crippen LogP contribution in [0, 0.1) is 11.8 Å². The summed E-state index contributed by atoms with van der Waals surface area (Å²) in [4.78, 5) is 28.0. The molecule has 2 atom stereocenters. The Balaban J connectivity index is 1.31. The Morgan fingerprint density at radius 2 is 1.76 bits per heavy atom. The van der Waals surface area contributed by atoms with Gasteiger partial charge < -0.3 is 29.2 Å². The highest BCUT2D eigenvalue weighted by Gasteiger charge is 2.40. The molecule has 5 rings (SSSR count). The molecule has 2 amide bonds. The second-order valence-corrected chi connectivity index (χ2v) is 9.17. The summed E-state index contributed by atoms with van der Waals surface area (Å²) in [6.07, 6.45) is 2.55. The van der Waals surface area contributed by atoms with Crippen LogP contribution in [0.15, 0.2) is 36.4 Å². The molecule has 2 unspecified atom stereocenters. The van der Waals surface area contributed by atoms with Gasteiger partial charge in [0, 0.05) is 31.5 Å². The Hall–Kier alpha value is -3.42. The lowest BCUT2D eigenvalue weighted by molar-refractivity contribution is -0.137. The zero-order valence-corrected chi connectivity index (χ0v) is 19.5. The first kappa shape index (κ1) is 22.4. The minimum absolute atomic E-state index is 0.0394. The minimum atomic E-state index is -0.288. The summed E-state index contributed by atoms with van der Waals surface area (Å²) in [5.74, 6) is 2.70. The molecule has 2 aromatic carbocycles. The summed E-state index contributed by atoms with van der Waals surface area (Å²) in [6.45, 7) is 1.67. The zero-order chi connectivity index (χ0) is 23.7. The number of carbonyl (C=O) groups is 2.